The molecule has 0 radical (unpaired) electrons. The van der Waals surface area contributed by atoms with E-state index in [1.165, 1.54) is 37.7 Å². The van der Waals surface area contributed by atoms with Gasteiger partial charge in [-0.3, -0.25) is 14.5 Å². The topological polar surface area (TPSA) is 87.7 Å². The largest absolute Gasteiger partial charge is 0.456 e. The Morgan fingerprint density at radius 2 is 1.55 bits per heavy atom. The molecule has 1 saturated carbocycles. The summed E-state index contributed by atoms with van der Waals surface area (Å²) in [5, 5.41) is 6.23. The second-order valence-electron chi connectivity index (χ2n) is 12.7. The quantitative estimate of drug-likeness (QED) is 0.319. The molecule has 2 aliphatic rings. The molecule has 2 amide bonds. The number of piperidine rings is 1. The van der Waals surface area contributed by atoms with Gasteiger partial charge in [-0.15, -0.1) is 0 Å². The van der Waals surface area contributed by atoms with Crippen molar-refractivity contribution in [2.45, 2.75) is 89.9 Å². The van der Waals surface area contributed by atoms with Crippen LogP contribution in [0.4, 0.5) is 0 Å². The van der Waals surface area contributed by atoms with E-state index in [0.29, 0.717) is 22.8 Å². The summed E-state index contributed by atoms with van der Waals surface area (Å²) in [4.78, 5) is 41.5. The summed E-state index contributed by atoms with van der Waals surface area (Å²) < 4.78 is 5.42. The first kappa shape index (κ1) is 32.1. The summed E-state index contributed by atoms with van der Waals surface area (Å²) in [7, 11) is 0. The van der Waals surface area contributed by atoms with Gasteiger partial charge in [0.1, 0.15) is 11.6 Å². The predicted octanol–water partition coefficient (Wildman–Crippen LogP) is 5.83. The van der Waals surface area contributed by atoms with Crippen molar-refractivity contribution in [2.75, 3.05) is 24.6 Å². The first-order chi connectivity index (χ1) is 20.2. The molecule has 7 nitrogen and oxygen atoms in total. The van der Waals surface area contributed by atoms with Crippen molar-refractivity contribution in [3.05, 3.63) is 71.3 Å². The summed E-state index contributed by atoms with van der Waals surface area (Å²) >= 11 is 1.76. The zero-order chi connectivity index (χ0) is 30.0. The van der Waals surface area contributed by atoms with Crippen LogP contribution in [0.3, 0.4) is 0 Å². The number of thioether (sulfide) groups is 1. The highest BCUT2D eigenvalue weighted by molar-refractivity contribution is 7.99. The van der Waals surface area contributed by atoms with E-state index in [2.05, 4.69) is 39.8 Å². The van der Waals surface area contributed by atoms with Crippen molar-refractivity contribution in [3.8, 4) is 0 Å². The van der Waals surface area contributed by atoms with E-state index in [1.807, 2.05) is 26.8 Å². The molecule has 2 aromatic carbocycles. The van der Waals surface area contributed by atoms with E-state index in [1.54, 1.807) is 36.0 Å². The van der Waals surface area contributed by atoms with Crippen molar-refractivity contribution in [1.29, 1.82) is 0 Å². The Balaban J connectivity index is 1.33. The number of benzene rings is 2. The number of likely N-dealkylation sites (tertiary alicyclic amines) is 1. The molecule has 1 saturated heterocycles. The highest BCUT2D eigenvalue weighted by Crippen LogP contribution is 2.27. The second-order valence-corrected chi connectivity index (χ2v) is 13.8. The highest BCUT2D eigenvalue weighted by Gasteiger charge is 2.27. The third-order valence-electron chi connectivity index (χ3n) is 7.95. The summed E-state index contributed by atoms with van der Waals surface area (Å²) in [6, 6.07) is 16.4. The van der Waals surface area contributed by atoms with E-state index in [9.17, 15) is 14.4 Å². The monoisotopic (exact) mass is 593 g/mol. The molecular formula is C34H47N3O4S. The van der Waals surface area contributed by atoms with Gasteiger partial charge in [-0.05, 0) is 88.0 Å². The van der Waals surface area contributed by atoms with Crippen LogP contribution >= 0.6 is 11.8 Å². The van der Waals surface area contributed by atoms with E-state index in [4.69, 9.17) is 4.74 Å². The minimum atomic E-state index is -0.626. The van der Waals surface area contributed by atoms with Gasteiger partial charge in [0.25, 0.3) is 5.91 Å². The Hall–Kier alpha value is -2.84. The first-order valence-electron chi connectivity index (χ1n) is 15.4. The Morgan fingerprint density at radius 1 is 0.905 bits per heavy atom. The number of rotatable bonds is 11. The van der Waals surface area contributed by atoms with Gasteiger partial charge in [-0.2, -0.15) is 11.8 Å². The van der Waals surface area contributed by atoms with E-state index in [-0.39, 0.29) is 17.9 Å². The van der Waals surface area contributed by atoms with Crippen LogP contribution in [0.15, 0.2) is 54.6 Å². The maximum Gasteiger partial charge on any atom is 0.338 e. The van der Waals surface area contributed by atoms with Crippen LogP contribution in [0.1, 0.15) is 92.0 Å². The van der Waals surface area contributed by atoms with E-state index in [0.717, 1.165) is 38.2 Å². The van der Waals surface area contributed by atoms with Gasteiger partial charge in [-0.25, -0.2) is 4.79 Å². The normalized spacial score (nSPS) is 17.8. The van der Waals surface area contributed by atoms with Gasteiger partial charge in [0, 0.05) is 37.0 Å². The Labute approximate surface area is 255 Å². The number of amides is 2. The standard InChI is InChI=1S/C34H47N3O4S/c1-34(2,3)41-33(40)28-16-14-27(15-17-28)31(38)36-30(24-42-23-26-12-8-5-9-13-26)32(39)35-29-18-20-37(21-19-29)22-25-10-6-4-7-11-25/h4,6-7,10-11,14-17,26,29-30H,5,8-9,12-13,18-24H2,1-3H3,(H,35,39)(H,36,38)/t30-/m0/s1. The van der Waals surface area contributed by atoms with Gasteiger partial charge in [0.2, 0.25) is 5.91 Å². The van der Waals surface area contributed by atoms with Crippen LogP contribution < -0.4 is 10.6 Å². The average molecular weight is 594 g/mol. The van der Waals surface area contributed by atoms with Crippen LogP contribution in [0.2, 0.25) is 0 Å². The molecule has 0 unspecified atom stereocenters. The van der Waals surface area contributed by atoms with Gasteiger partial charge in [-0.1, -0.05) is 49.6 Å². The zero-order valence-electron chi connectivity index (χ0n) is 25.4. The maximum absolute atomic E-state index is 13.5. The van der Waals surface area contributed by atoms with Crippen LogP contribution in [0, 0.1) is 5.92 Å². The number of ether oxygens (including phenoxy) is 1. The smallest absolute Gasteiger partial charge is 0.338 e. The molecule has 2 aromatic rings. The molecule has 1 aliphatic heterocycles. The molecule has 228 valence electrons. The van der Waals surface area contributed by atoms with E-state index < -0.39 is 17.6 Å². The van der Waals surface area contributed by atoms with Gasteiger partial charge < -0.3 is 15.4 Å². The fourth-order valence-corrected chi connectivity index (χ4v) is 6.88. The van der Waals surface area contributed by atoms with Crippen LogP contribution in [-0.2, 0) is 16.1 Å². The number of carbonyl (C=O) groups is 3. The van der Waals surface area contributed by atoms with Gasteiger partial charge in [0.05, 0.1) is 5.56 Å². The fraction of sp³-hybridized carbons (Fsp3) is 0.559. The van der Waals surface area contributed by atoms with Crippen molar-refractivity contribution in [2.24, 2.45) is 5.92 Å². The lowest BCUT2D eigenvalue weighted by atomic mass is 9.91. The molecule has 42 heavy (non-hydrogen) atoms. The molecule has 2 N–H and O–H groups in total. The number of esters is 1. The molecule has 0 aromatic heterocycles. The fourth-order valence-electron chi connectivity index (χ4n) is 5.60. The highest BCUT2D eigenvalue weighted by atomic mass is 32.2. The predicted molar refractivity (Wildman–Crippen MR) is 170 cm³/mol. The number of hydrogen-bond acceptors (Lipinski definition) is 6. The van der Waals surface area contributed by atoms with Crippen molar-refractivity contribution < 1.29 is 19.1 Å². The summed E-state index contributed by atoms with van der Waals surface area (Å²) in [6.07, 6.45) is 8.17. The lowest BCUT2D eigenvalue weighted by Crippen LogP contribution is -2.53. The van der Waals surface area contributed by atoms with E-state index >= 15 is 0 Å². The molecule has 1 heterocycles. The SMILES string of the molecule is CC(C)(C)OC(=O)c1ccc(C(=O)N[C@@H](CSCC2CCCCC2)C(=O)NC2CCN(Cc3ccccc3)CC2)cc1. The maximum atomic E-state index is 13.5. The first-order valence-corrected chi connectivity index (χ1v) is 16.6. The van der Waals surface area contributed by atoms with Crippen LogP contribution in [0.25, 0.3) is 0 Å². The lowest BCUT2D eigenvalue weighted by molar-refractivity contribution is -0.123. The third-order valence-corrected chi connectivity index (χ3v) is 9.23. The average Bonchev–Trinajstić information content (AvgIpc) is 2.98. The zero-order valence-corrected chi connectivity index (χ0v) is 26.2. The summed E-state index contributed by atoms with van der Waals surface area (Å²) in [5.41, 5.74) is 1.50. The number of hydrogen-bond donors (Lipinski definition) is 2. The lowest BCUT2D eigenvalue weighted by Gasteiger charge is -2.33. The Kier molecular flexibility index (Phi) is 11.9. The number of nitrogens with zero attached hydrogens (tertiary/aromatic N) is 1. The summed E-state index contributed by atoms with van der Waals surface area (Å²) in [6.45, 7) is 8.23. The molecule has 4 rings (SSSR count). The molecule has 0 spiro atoms. The molecule has 1 aliphatic carbocycles. The Bertz CT molecular complexity index is 1150. The van der Waals surface area contributed by atoms with Gasteiger partial charge in [0.15, 0.2) is 0 Å². The Morgan fingerprint density at radius 3 is 2.19 bits per heavy atom. The molecule has 0 bridgehead atoms. The minimum Gasteiger partial charge on any atom is -0.456 e. The van der Waals surface area contributed by atoms with Crippen molar-refractivity contribution in [3.63, 3.8) is 0 Å². The second kappa shape index (κ2) is 15.6. The van der Waals surface area contributed by atoms with Gasteiger partial charge >= 0.3 is 5.97 Å². The molecule has 2 fully saturated rings. The molecule has 1 atom stereocenters. The summed E-state index contributed by atoms with van der Waals surface area (Å²) in [5.74, 6) is 1.38. The van der Waals surface area contributed by atoms with Crippen LogP contribution in [0.5, 0.6) is 0 Å². The number of carbonyl (C=O) groups excluding carboxylic acids is 3. The number of nitrogens with one attached hydrogen (secondary N) is 2. The minimum absolute atomic E-state index is 0.0976. The third kappa shape index (κ3) is 10.5. The molecular weight excluding hydrogens is 546 g/mol. The van der Waals surface area contributed by atoms with Crippen molar-refractivity contribution in [1.82, 2.24) is 15.5 Å². The molecule has 8 heteroatoms. The van der Waals surface area contributed by atoms with Crippen molar-refractivity contribution >= 4 is 29.5 Å². The van der Waals surface area contributed by atoms with Crippen LogP contribution in [-0.4, -0.2) is 65.0 Å².